The Hall–Kier alpha value is -1.30. The van der Waals surface area contributed by atoms with E-state index in [1.54, 1.807) is 0 Å². The first-order valence-electron chi connectivity index (χ1n) is 7.49. The summed E-state index contributed by atoms with van der Waals surface area (Å²) < 4.78 is 0. The highest BCUT2D eigenvalue weighted by Crippen LogP contribution is 2.19. The number of rotatable bonds is 9. The van der Waals surface area contributed by atoms with Crippen molar-refractivity contribution in [3.05, 3.63) is 61.8 Å². The summed E-state index contributed by atoms with van der Waals surface area (Å²) in [5.74, 6) is 0.816. The molecule has 0 aliphatic carbocycles. The van der Waals surface area contributed by atoms with E-state index in [4.69, 9.17) is 0 Å². The van der Waals surface area contributed by atoms with Gasteiger partial charge < -0.3 is 0 Å². The molecule has 0 radical (unpaired) electrons. The van der Waals surface area contributed by atoms with Gasteiger partial charge in [-0.05, 0) is 26.2 Å². The molecule has 2 unspecified atom stereocenters. The maximum Gasteiger partial charge on any atom is 0.00439 e. The van der Waals surface area contributed by atoms with E-state index in [9.17, 15) is 0 Å². The van der Waals surface area contributed by atoms with Crippen molar-refractivity contribution >= 4 is 0 Å². The zero-order chi connectivity index (χ0) is 14.9. The van der Waals surface area contributed by atoms with Gasteiger partial charge in [0.15, 0.2) is 0 Å². The van der Waals surface area contributed by atoms with E-state index in [1.165, 1.54) is 0 Å². The van der Waals surface area contributed by atoms with Crippen LogP contribution in [0.5, 0.6) is 0 Å². The number of unbranched alkanes of at least 4 members (excludes halogenated alkanes) is 1. The van der Waals surface area contributed by atoms with Crippen LogP contribution in [0.4, 0.5) is 0 Å². The first-order chi connectivity index (χ1) is 9.29. The van der Waals surface area contributed by atoms with E-state index in [2.05, 4.69) is 63.5 Å². The monoisotopic (exact) mass is 260 g/mol. The maximum absolute atomic E-state index is 3.93. The molecule has 0 aliphatic heterocycles. The number of hydrogen-bond acceptors (Lipinski definition) is 0. The van der Waals surface area contributed by atoms with Crippen molar-refractivity contribution in [3.63, 3.8) is 0 Å². The normalized spacial score (nSPS) is 14.3. The SMILES string of the molecule is C=CCC/C=C\C(/C=C\C)C(C=C)/C=C\CC.CC. The lowest BCUT2D eigenvalue weighted by Gasteiger charge is -2.14. The van der Waals surface area contributed by atoms with Gasteiger partial charge in [-0.1, -0.05) is 69.4 Å². The van der Waals surface area contributed by atoms with Gasteiger partial charge in [-0.2, -0.15) is 0 Å². The van der Waals surface area contributed by atoms with Crippen LogP contribution in [-0.4, -0.2) is 0 Å². The zero-order valence-corrected chi connectivity index (χ0v) is 13.3. The molecular formula is C19H32. The largest absolute Gasteiger partial charge is 0.103 e. The van der Waals surface area contributed by atoms with Gasteiger partial charge in [-0.25, -0.2) is 0 Å². The second kappa shape index (κ2) is 16.7. The minimum absolute atomic E-state index is 0.395. The van der Waals surface area contributed by atoms with Crippen LogP contribution in [-0.2, 0) is 0 Å². The highest BCUT2D eigenvalue weighted by molar-refractivity contribution is 5.12. The summed E-state index contributed by atoms with van der Waals surface area (Å²) in [6.07, 6.45) is 20.5. The molecule has 0 aromatic carbocycles. The number of hydrogen-bond donors (Lipinski definition) is 0. The van der Waals surface area contributed by atoms with Gasteiger partial charge in [0, 0.05) is 11.8 Å². The van der Waals surface area contributed by atoms with Crippen LogP contribution < -0.4 is 0 Å². The van der Waals surface area contributed by atoms with Crippen molar-refractivity contribution in [2.45, 2.75) is 47.0 Å². The molecule has 0 amide bonds. The average molecular weight is 260 g/mol. The topological polar surface area (TPSA) is 0 Å². The molecule has 0 bridgehead atoms. The molecule has 0 fully saturated rings. The van der Waals surface area contributed by atoms with Crippen LogP contribution in [0, 0.1) is 11.8 Å². The maximum atomic E-state index is 3.93. The molecule has 0 nitrogen and oxygen atoms in total. The quantitative estimate of drug-likeness (QED) is 0.328. The highest BCUT2D eigenvalue weighted by atomic mass is 14.1. The Balaban J connectivity index is 0. The van der Waals surface area contributed by atoms with Gasteiger partial charge in [0.05, 0.1) is 0 Å². The molecule has 0 spiro atoms. The van der Waals surface area contributed by atoms with Gasteiger partial charge in [0.2, 0.25) is 0 Å². The second-order valence-corrected chi connectivity index (χ2v) is 4.05. The lowest BCUT2D eigenvalue weighted by atomic mass is 9.90. The fourth-order valence-electron chi connectivity index (χ4n) is 1.67. The Morgan fingerprint density at radius 2 is 1.53 bits per heavy atom. The van der Waals surface area contributed by atoms with E-state index >= 15 is 0 Å². The lowest BCUT2D eigenvalue weighted by molar-refractivity contribution is 0.671. The van der Waals surface area contributed by atoms with Gasteiger partial charge in [-0.3, -0.25) is 0 Å². The zero-order valence-electron chi connectivity index (χ0n) is 13.3. The standard InChI is InChI=1S/C17H26.C2H6/c1-5-9-11-12-15-17(13-7-3)16(8-4)14-10-6-2;1-2/h5,7-8,10,12-17H,1,4,6,9,11H2,2-3H3;1-2H3/b13-7-,14-10-,15-12-;. The van der Waals surface area contributed by atoms with E-state index in [0.29, 0.717) is 11.8 Å². The smallest absolute Gasteiger partial charge is 0.00439 e. The summed E-state index contributed by atoms with van der Waals surface area (Å²) in [4.78, 5) is 0. The Kier molecular flexibility index (Phi) is 17.6. The molecule has 0 saturated heterocycles. The summed E-state index contributed by atoms with van der Waals surface area (Å²) in [5, 5.41) is 0. The van der Waals surface area contributed by atoms with E-state index in [1.807, 2.05) is 26.0 Å². The first kappa shape index (κ1) is 20.0. The van der Waals surface area contributed by atoms with Crippen LogP contribution in [0.3, 0.4) is 0 Å². The molecule has 0 heterocycles. The van der Waals surface area contributed by atoms with Gasteiger partial charge in [0.1, 0.15) is 0 Å². The summed E-state index contributed by atoms with van der Waals surface area (Å²) in [7, 11) is 0. The fourth-order valence-corrected chi connectivity index (χ4v) is 1.67. The fraction of sp³-hybridized carbons (Fsp3) is 0.474. The van der Waals surface area contributed by atoms with Crippen LogP contribution in [0.1, 0.15) is 47.0 Å². The third-order valence-electron chi connectivity index (χ3n) is 2.62. The van der Waals surface area contributed by atoms with Gasteiger partial charge >= 0.3 is 0 Å². The molecular weight excluding hydrogens is 228 g/mol. The predicted molar refractivity (Wildman–Crippen MR) is 91.3 cm³/mol. The van der Waals surface area contributed by atoms with Crippen LogP contribution in [0.2, 0.25) is 0 Å². The summed E-state index contributed by atoms with van der Waals surface area (Å²) in [6, 6.07) is 0. The molecule has 2 atom stereocenters. The predicted octanol–water partition coefficient (Wildman–Crippen LogP) is 6.50. The Morgan fingerprint density at radius 1 is 0.895 bits per heavy atom. The van der Waals surface area contributed by atoms with Crippen LogP contribution in [0.25, 0.3) is 0 Å². The molecule has 108 valence electrons. The molecule has 0 rings (SSSR count). The van der Waals surface area contributed by atoms with E-state index in [0.717, 1.165) is 19.3 Å². The van der Waals surface area contributed by atoms with Gasteiger partial charge in [-0.15, -0.1) is 13.2 Å². The summed E-state index contributed by atoms with van der Waals surface area (Å²) in [5.41, 5.74) is 0. The molecule has 0 heteroatoms. The van der Waals surface area contributed by atoms with Crippen molar-refractivity contribution in [3.8, 4) is 0 Å². The van der Waals surface area contributed by atoms with Crippen molar-refractivity contribution in [1.29, 1.82) is 0 Å². The second-order valence-electron chi connectivity index (χ2n) is 4.05. The third kappa shape index (κ3) is 11.5. The molecule has 0 aliphatic rings. The van der Waals surface area contributed by atoms with Crippen molar-refractivity contribution < 1.29 is 0 Å². The van der Waals surface area contributed by atoms with Gasteiger partial charge in [0.25, 0.3) is 0 Å². The van der Waals surface area contributed by atoms with Crippen molar-refractivity contribution in [2.75, 3.05) is 0 Å². The summed E-state index contributed by atoms with van der Waals surface area (Å²) >= 11 is 0. The Morgan fingerprint density at radius 3 is 2.00 bits per heavy atom. The minimum Gasteiger partial charge on any atom is -0.103 e. The van der Waals surface area contributed by atoms with E-state index in [-0.39, 0.29) is 0 Å². The third-order valence-corrected chi connectivity index (χ3v) is 2.62. The number of allylic oxidation sites excluding steroid dienone is 8. The highest BCUT2D eigenvalue weighted by Gasteiger charge is 2.08. The lowest BCUT2D eigenvalue weighted by Crippen LogP contribution is -2.04. The van der Waals surface area contributed by atoms with Crippen LogP contribution in [0.15, 0.2) is 61.8 Å². The molecule has 0 saturated carbocycles. The Labute approximate surface area is 121 Å². The average Bonchev–Trinajstić information content (AvgIpc) is 2.46. The molecule has 19 heavy (non-hydrogen) atoms. The first-order valence-corrected chi connectivity index (χ1v) is 7.49. The van der Waals surface area contributed by atoms with E-state index < -0.39 is 0 Å². The molecule has 0 aromatic rings. The Bertz CT molecular complexity index is 278. The molecule has 0 N–H and O–H groups in total. The minimum atomic E-state index is 0.395. The summed E-state index contributed by atoms with van der Waals surface area (Å²) in [6.45, 7) is 15.9. The van der Waals surface area contributed by atoms with Crippen molar-refractivity contribution in [2.24, 2.45) is 11.8 Å². The van der Waals surface area contributed by atoms with Crippen molar-refractivity contribution in [1.82, 2.24) is 0 Å². The molecule has 0 aromatic heterocycles. The van der Waals surface area contributed by atoms with Crippen LogP contribution >= 0.6 is 0 Å².